The highest BCUT2D eigenvalue weighted by Gasteiger charge is 2.28. The lowest BCUT2D eigenvalue weighted by atomic mass is 10.1. The van der Waals surface area contributed by atoms with Gasteiger partial charge < -0.3 is 15.2 Å². The molecule has 4 rings (SSSR count). The Morgan fingerprint density at radius 3 is 2.36 bits per heavy atom. The van der Waals surface area contributed by atoms with Crippen LogP contribution >= 0.6 is 0 Å². The first-order chi connectivity index (χ1) is 12.2. The van der Waals surface area contributed by atoms with Gasteiger partial charge in [-0.1, -0.05) is 60.7 Å². The second-order valence-corrected chi connectivity index (χ2v) is 6.11. The van der Waals surface area contributed by atoms with Gasteiger partial charge in [-0.25, -0.2) is 0 Å². The fourth-order valence-electron chi connectivity index (χ4n) is 3.15. The zero-order valence-corrected chi connectivity index (χ0v) is 13.7. The normalized spacial score (nSPS) is 14.8. The highest BCUT2D eigenvalue weighted by atomic mass is 16.2. The number of hydrogen-bond donors (Lipinski definition) is 1. The van der Waals surface area contributed by atoms with Crippen LogP contribution in [0.5, 0.6) is 0 Å². The number of aromatic nitrogens is 3. The van der Waals surface area contributed by atoms with E-state index < -0.39 is 6.04 Å². The van der Waals surface area contributed by atoms with E-state index in [1.54, 1.807) is 4.90 Å². The number of benzene rings is 2. The van der Waals surface area contributed by atoms with E-state index in [9.17, 15) is 4.79 Å². The van der Waals surface area contributed by atoms with Gasteiger partial charge in [0.15, 0.2) is 11.6 Å². The van der Waals surface area contributed by atoms with Crippen molar-refractivity contribution in [2.45, 2.75) is 19.1 Å². The van der Waals surface area contributed by atoms with Crippen LogP contribution in [0.3, 0.4) is 0 Å². The minimum atomic E-state index is -0.649. The van der Waals surface area contributed by atoms with E-state index in [1.165, 1.54) is 0 Å². The molecule has 6 nitrogen and oxygen atoms in total. The van der Waals surface area contributed by atoms with Gasteiger partial charge in [0.25, 0.3) is 0 Å². The van der Waals surface area contributed by atoms with Crippen LogP contribution in [0, 0.1) is 0 Å². The number of fused-ring (bicyclic) bond motifs is 1. The van der Waals surface area contributed by atoms with E-state index in [0.29, 0.717) is 19.6 Å². The van der Waals surface area contributed by atoms with Crippen LogP contribution in [0.15, 0.2) is 60.7 Å². The summed E-state index contributed by atoms with van der Waals surface area (Å²) in [6.45, 7) is 1.70. The maximum absolute atomic E-state index is 12.7. The van der Waals surface area contributed by atoms with E-state index in [4.69, 9.17) is 5.73 Å². The molecule has 3 aromatic rings. The third kappa shape index (κ3) is 2.92. The Kier molecular flexibility index (Phi) is 4.03. The smallest absolute Gasteiger partial charge is 0.244 e. The van der Waals surface area contributed by atoms with Gasteiger partial charge in [-0.05, 0) is 5.56 Å². The van der Waals surface area contributed by atoms with E-state index >= 15 is 0 Å². The monoisotopic (exact) mass is 333 g/mol. The first kappa shape index (κ1) is 15.5. The molecule has 25 heavy (non-hydrogen) atoms. The molecule has 0 bridgehead atoms. The first-order valence-electron chi connectivity index (χ1n) is 8.31. The van der Waals surface area contributed by atoms with Crippen LogP contribution in [-0.4, -0.2) is 32.1 Å². The van der Waals surface area contributed by atoms with Gasteiger partial charge in [-0.2, -0.15) is 0 Å². The summed E-state index contributed by atoms with van der Waals surface area (Å²) < 4.78 is 2.08. The summed E-state index contributed by atoms with van der Waals surface area (Å²) in [5.41, 5.74) is 8.00. The largest absolute Gasteiger partial charge is 0.332 e. The summed E-state index contributed by atoms with van der Waals surface area (Å²) in [5.74, 6) is 1.55. The third-order valence-electron chi connectivity index (χ3n) is 4.52. The number of rotatable bonds is 3. The molecular formula is C19H19N5O. The second-order valence-electron chi connectivity index (χ2n) is 6.11. The lowest BCUT2D eigenvalue weighted by Crippen LogP contribution is -2.43. The Labute approximate surface area is 145 Å². The average molecular weight is 333 g/mol. The molecule has 0 spiro atoms. The van der Waals surface area contributed by atoms with Crippen molar-refractivity contribution in [3.8, 4) is 11.4 Å². The topological polar surface area (TPSA) is 77.0 Å². The van der Waals surface area contributed by atoms with Crippen molar-refractivity contribution in [3.05, 3.63) is 72.1 Å². The van der Waals surface area contributed by atoms with Crippen molar-refractivity contribution >= 4 is 5.91 Å². The van der Waals surface area contributed by atoms with Gasteiger partial charge in [0.1, 0.15) is 6.04 Å². The van der Waals surface area contributed by atoms with Crippen molar-refractivity contribution in [1.82, 2.24) is 19.7 Å². The molecular weight excluding hydrogens is 314 g/mol. The molecule has 1 aliphatic rings. The molecule has 1 amide bonds. The molecule has 2 heterocycles. The van der Waals surface area contributed by atoms with Crippen LogP contribution in [0.25, 0.3) is 11.4 Å². The molecule has 0 radical (unpaired) electrons. The summed E-state index contributed by atoms with van der Waals surface area (Å²) in [7, 11) is 0. The number of nitrogens with zero attached hydrogens (tertiary/aromatic N) is 4. The lowest BCUT2D eigenvalue weighted by Gasteiger charge is -2.30. The van der Waals surface area contributed by atoms with Crippen LogP contribution in [0.1, 0.15) is 17.4 Å². The van der Waals surface area contributed by atoms with Gasteiger partial charge >= 0.3 is 0 Å². The molecule has 1 aliphatic heterocycles. The SMILES string of the molecule is NC(C(=O)N1CCn2c(nnc2-c2ccccc2)C1)c1ccccc1. The predicted octanol–water partition coefficient (Wildman–Crippen LogP) is 1.99. The molecule has 2 N–H and O–H groups in total. The molecule has 0 saturated carbocycles. The Balaban J connectivity index is 1.54. The molecule has 1 aromatic heterocycles. The quantitative estimate of drug-likeness (QED) is 0.795. The minimum Gasteiger partial charge on any atom is -0.332 e. The zero-order valence-electron chi connectivity index (χ0n) is 13.7. The fourth-order valence-corrected chi connectivity index (χ4v) is 3.15. The lowest BCUT2D eigenvalue weighted by molar-refractivity contribution is -0.134. The summed E-state index contributed by atoms with van der Waals surface area (Å²) in [4.78, 5) is 14.5. The minimum absolute atomic E-state index is 0.0817. The summed E-state index contributed by atoms with van der Waals surface area (Å²) >= 11 is 0. The maximum Gasteiger partial charge on any atom is 0.244 e. The van der Waals surface area contributed by atoms with Gasteiger partial charge in [-0.3, -0.25) is 4.79 Å². The molecule has 2 aromatic carbocycles. The molecule has 1 unspecified atom stereocenters. The van der Waals surface area contributed by atoms with Gasteiger partial charge in [0.05, 0.1) is 6.54 Å². The fraction of sp³-hybridized carbons (Fsp3) is 0.211. The maximum atomic E-state index is 12.7. The average Bonchev–Trinajstić information content (AvgIpc) is 3.11. The van der Waals surface area contributed by atoms with E-state index in [2.05, 4.69) is 14.8 Å². The molecule has 0 fully saturated rings. The van der Waals surface area contributed by atoms with Crippen LogP contribution in [0.2, 0.25) is 0 Å². The van der Waals surface area contributed by atoms with E-state index in [-0.39, 0.29) is 5.91 Å². The third-order valence-corrected chi connectivity index (χ3v) is 4.52. The van der Waals surface area contributed by atoms with Crippen molar-refractivity contribution in [1.29, 1.82) is 0 Å². The number of carbonyl (C=O) groups excluding carboxylic acids is 1. The van der Waals surface area contributed by atoms with Crippen molar-refractivity contribution < 1.29 is 4.79 Å². The molecule has 0 aliphatic carbocycles. The Morgan fingerprint density at radius 1 is 0.960 bits per heavy atom. The van der Waals surface area contributed by atoms with Crippen LogP contribution in [0.4, 0.5) is 0 Å². The standard InChI is InChI=1S/C19H19N5O/c20-17(14-7-3-1-4-8-14)19(25)23-11-12-24-16(13-23)21-22-18(24)15-9-5-2-6-10-15/h1-10,17H,11-13,20H2. The Hall–Kier alpha value is -2.99. The number of hydrogen-bond acceptors (Lipinski definition) is 4. The van der Waals surface area contributed by atoms with Crippen LogP contribution < -0.4 is 5.73 Å². The van der Waals surface area contributed by atoms with Crippen molar-refractivity contribution in [3.63, 3.8) is 0 Å². The van der Waals surface area contributed by atoms with Crippen molar-refractivity contribution in [2.75, 3.05) is 6.54 Å². The molecule has 0 saturated heterocycles. The highest BCUT2D eigenvalue weighted by Crippen LogP contribution is 2.23. The zero-order chi connectivity index (χ0) is 17.2. The molecule has 1 atom stereocenters. The number of carbonyl (C=O) groups is 1. The summed E-state index contributed by atoms with van der Waals surface area (Å²) in [6, 6.07) is 18.8. The molecule has 6 heteroatoms. The Morgan fingerprint density at radius 2 is 1.64 bits per heavy atom. The highest BCUT2D eigenvalue weighted by molar-refractivity contribution is 5.83. The van der Waals surface area contributed by atoms with E-state index in [1.807, 2.05) is 60.7 Å². The number of amides is 1. The summed E-state index contributed by atoms with van der Waals surface area (Å²) in [6.07, 6.45) is 0. The predicted molar refractivity (Wildman–Crippen MR) is 94.2 cm³/mol. The van der Waals surface area contributed by atoms with Gasteiger partial charge in [0, 0.05) is 18.7 Å². The molecule has 126 valence electrons. The van der Waals surface area contributed by atoms with Gasteiger partial charge in [0.2, 0.25) is 5.91 Å². The number of nitrogens with two attached hydrogens (primary N) is 1. The van der Waals surface area contributed by atoms with Crippen molar-refractivity contribution in [2.24, 2.45) is 5.73 Å². The second kappa shape index (κ2) is 6.49. The summed E-state index contributed by atoms with van der Waals surface area (Å²) in [5, 5.41) is 8.58. The van der Waals surface area contributed by atoms with Gasteiger partial charge in [-0.15, -0.1) is 10.2 Å². The van der Waals surface area contributed by atoms with E-state index in [0.717, 1.165) is 22.8 Å². The Bertz CT molecular complexity index is 875. The van der Waals surface area contributed by atoms with Crippen LogP contribution in [-0.2, 0) is 17.9 Å². The first-order valence-corrected chi connectivity index (χ1v) is 8.31.